The molecule has 12 heteroatoms. The lowest BCUT2D eigenvalue weighted by Crippen LogP contribution is -1.94. The van der Waals surface area contributed by atoms with Gasteiger partial charge in [-0.2, -0.15) is 0 Å². The molecule has 0 amide bonds. The molecule has 12 nitrogen and oxygen atoms in total. The number of nitrogens with zero attached hydrogens (tertiary/aromatic N) is 4. The van der Waals surface area contributed by atoms with Crippen LogP contribution in [0.25, 0.3) is 24.3 Å². The molecule has 0 saturated heterocycles. The maximum atomic E-state index is 10.3. The maximum Gasteiger partial charge on any atom is 0.335 e. The van der Waals surface area contributed by atoms with Crippen LogP contribution in [-0.2, 0) is 0 Å². The zero-order chi connectivity index (χ0) is 36.1. The highest BCUT2D eigenvalue weighted by Gasteiger charge is 2.06. The molecule has 0 fully saturated rings. The maximum absolute atomic E-state index is 10.3. The number of phenolic OH excluding ortho intramolecular Hbond substituents is 4. The average molecular weight is 673 g/mol. The molecule has 6 N–H and O–H groups in total. The number of aromatic carboxylic acids is 2. The third-order valence-electron chi connectivity index (χ3n) is 6.21. The quantitative estimate of drug-likeness (QED) is 0.100. The number of carboxylic acid groups (broad SMARTS) is 2. The van der Waals surface area contributed by atoms with Crippen LogP contribution in [0, 0.1) is 0 Å². The number of carboxylic acids is 2. The summed E-state index contributed by atoms with van der Waals surface area (Å²) in [5, 5.41) is 52.1. The topological polar surface area (TPSA) is 207 Å². The Morgan fingerprint density at radius 3 is 0.820 bits per heavy atom. The standard InChI is InChI=1S/2C12H10N2.2C7H6O4/c2*1(11-3-7-13-8-4-11)2-12-5-9-14-10-6-12;2*8-5-2-1-4(7(10)11)3-6(5)9/h2*1-10H;2*1-3,8-9H,(H,10,11)/b2*2-1+;;. The molecular weight excluding hydrogens is 640 g/mol. The normalized spacial score (nSPS) is 10.1. The Morgan fingerprint density at radius 1 is 0.380 bits per heavy atom. The fourth-order valence-electron chi connectivity index (χ4n) is 3.60. The molecule has 0 aliphatic heterocycles. The van der Waals surface area contributed by atoms with Crippen LogP contribution in [0.1, 0.15) is 43.0 Å². The summed E-state index contributed by atoms with van der Waals surface area (Å²) in [7, 11) is 0. The second-order valence-corrected chi connectivity index (χ2v) is 9.81. The highest BCUT2D eigenvalue weighted by molar-refractivity contribution is 5.89. The van der Waals surface area contributed by atoms with E-state index in [1.165, 1.54) is 12.1 Å². The van der Waals surface area contributed by atoms with Crippen molar-refractivity contribution in [1.82, 2.24) is 19.9 Å². The predicted octanol–water partition coefficient (Wildman–Crippen LogP) is 6.89. The lowest BCUT2D eigenvalue weighted by Gasteiger charge is -1.97. The number of hydrogen-bond acceptors (Lipinski definition) is 10. The van der Waals surface area contributed by atoms with E-state index in [-0.39, 0.29) is 22.6 Å². The number of aromatic hydroxyl groups is 4. The highest BCUT2D eigenvalue weighted by atomic mass is 16.4. The first-order valence-electron chi connectivity index (χ1n) is 14.6. The van der Waals surface area contributed by atoms with Gasteiger partial charge in [0, 0.05) is 49.6 Å². The van der Waals surface area contributed by atoms with Crippen LogP contribution in [0.15, 0.2) is 135 Å². The van der Waals surface area contributed by atoms with Crippen LogP contribution in [0.3, 0.4) is 0 Å². The molecule has 252 valence electrons. The zero-order valence-electron chi connectivity index (χ0n) is 26.3. The highest BCUT2D eigenvalue weighted by Crippen LogP contribution is 2.25. The lowest BCUT2D eigenvalue weighted by molar-refractivity contribution is 0.0685. The summed E-state index contributed by atoms with van der Waals surface area (Å²) in [5.41, 5.74) is 4.49. The van der Waals surface area contributed by atoms with E-state index in [4.69, 9.17) is 30.6 Å². The van der Waals surface area contributed by atoms with Gasteiger partial charge in [-0.05, 0) is 107 Å². The fourth-order valence-corrected chi connectivity index (χ4v) is 3.60. The molecule has 0 radical (unpaired) electrons. The van der Waals surface area contributed by atoms with Crippen molar-refractivity contribution < 1.29 is 40.2 Å². The average Bonchev–Trinajstić information content (AvgIpc) is 3.14. The molecule has 0 unspecified atom stereocenters. The lowest BCUT2D eigenvalue weighted by atomic mass is 10.2. The van der Waals surface area contributed by atoms with Crippen molar-refractivity contribution >= 4 is 36.2 Å². The minimum Gasteiger partial charge on any atom is -0.504 e. The summed E-state index contributed by atoms with van der Waals surface area (Å²) in [6.07, 6.45) is 22.5. The Morgan fingerprint density at radius 2 is 0.620 bits per heavy atom. The van der Waals surface area contributed by atoms with Crippen LogP contribution in [-0.4, -0.2) is 62.5 Å². The van der Waals surface area contributed by atoms with Crippen molar-refractivity contribution in [2.24, 2.45) is 0 Å². The Kier molecular flexibility index (Phi) is 14.9. The third kappa shape index (κ3) is 13.6. The van der Waals surface area contributed by atoms with E-state index in [1.54, 1.807) is 49.6 Å². The second kappa shape index (κ2) is 20.0. The summed E-state index contributed by atoms with van der Waals surface area (Å²) < 4.78 is 0. The Hall–Kier alpha value is -7.34. The van der Waals surface area contributed by atoms with Crippen LogP contribution in [0.5, 0.6) is 23.0 Å². The number of benzene rings is 2. The van der Waals surface area contributed by atoms with E-state index in [9.17, 15) is 9.59 Å². The summed E-state index contributed by atoms with van der Waals surface area (Å²) in [4.78, 5) is 36.4. The fraction of sp³-hybridized carbons (Fsp3) is 0. The Balaban J connectivity index is 0.000000182. The van der Waals surface area contributed by atoms with Crippen molar-refractivity contribution in [3.63, 3.8) is 0 Å². The molecule has 0 aliphatic rings. The van der Waals surface area contributed by atoms with Gasteiger partial charge in [0.05, 0.1) is 11.1 Å². The zero-order valence-corrected chi connectivity index (χ0v) is 26.3. The van der Waals surface area contributed by atoms with Gasteiger partial charge in [0.25, 0.3) is 0 Å². The van der Waals surface area contributed by atoms with Crippen molar-refractivity contribution in [2.75, 3.05) is 0 Å². The SMILES string of the molecule is C(=C\c1ccncc1)/c1ccncc1.C(=C\c1ccncc1)/c1ccncc1.O=C(O)c1ccc(O)c(O)c1.O=C(O)c1ccc(O)c(O)c1. The van der Waals surface area contributed by atoms with Crippen LogP contribution in [0.2, 0.25) is 0 Å². The van der Waals surface area contributed by atoms with Gasteiger partial charge in [0.2, 0.25) is 0 Å². The van der Waals surface area contributed by atoms with Gasteiger partial charge in [-0.25, -0.2) is 9.59 Å². The van der Waals surface area contributed by atoms with Gasteiger partial charge >= 0.3 is 11.9 Å². The largest absolute Gasteiger partial charge is 0.504 e. The Bertz CT molecular complexity index is 1760. The van der Waals surface area contributed by atoms with Gasteiger partial charge in [0.15, 0.2) is 23.0 Å². The van der Waals surface area contributed by atoms with Crippen LogP contribution >= 0.6 is 0 Å². The van der Waals surface area contributed by atoms with Crippen LogP contribution < -0.4 is 0 Å². The minimum atomic E-state index is -1.14. The van der Waals surface area contributed by atoms with Crippen molar-refractivity contribution in [2.45, 2.75) is 0 Å². The van der Waals surface area contributed by atoms with E-state index in [2.05, 4.69) is 44.2 Å². The molecule has 0 atom stereocenters. The van der Waals surface area contributed by atoms with Gasteiger partial charge in [-0.3, -0.25) is 19.9 Å². The van der Waals surface area contributed by atoms with Gasteiger partial charge in [-0.1, -0.05) is 24.3 Å². The van der Waals surface area contributed by atoms with Gasteiger partial charge in [0.1, 0.15) is 0 Å². The molecule has 0 saturated carbocycles. The number of hydrogen-bond donors (Lipinski definition) is 6. The molecule has 0 spiro atoms. The number of phenols is 4. The van der Waals surface area contributed by atoms with Crippen molar-refractivity contribution in [1.29, 1.82) is 0 Å². The molecular formula is C38H32N4O8. The number of pyridine rings is 4. The van der Waals surface area contributed by atoms with Crippen LogP contribution in [0.4, 0.5) is 0 Å². The monoisotopic (exact) mass is 672 g/mol. The van der Waals surface area contributed by atoms with E-state index in [0.717, 1.165) is 46.5 Å². The first-order chi connectivity index (χ1) is 24.1. The van der Waals surface area contributed by atoms with Gasteiger partial charge in [-0.15, -0.1) is 0 Å². The second-order valence-electron chi connectivity index (χ2n) is 9.81. The summed E-state index contributed by atoms with van der Waals surface area (Å²) in [5.74, 6) is -3.78. The van der Waals surface area contributed by atoms with Gasteiger partial charge < -0.3 is 30.6 Å². The number of aromatic nitrogens is 4. The predicted molar refractivity (Wildman–Crippen MR) is 188 cm³/mol. The van der Waals surface area contributed by atoms with E-state index in [1.807, 2.05) is 48.5 Å². The van der Waals surface area contributed by atoms with E-state index >= 15 is 0 Å². The number of rotatable bonds is 6. The van der Waals surface area contributed by atoms with Crippen molar-refractivity contribution in [3.05, 3.63) is 168 Å². The Labute approximate surface area is 287 Å². The smallest absolute Gasteiger partial charge is 0.335 e. The molecule has 4 aromatic heterocycles. The molecule has 4 heterocycles. The third-order valence-corrected chi connectivity index (χ3v) is 6.21. The van der Waals surface area contributed by atoms with E-state index in [0.29, 0.717) is 0 Å². The minimum absolute atomic E-state index is 0.0553. The van der Waals surface area contributed by atoms with Crippen molar-refractivity contribution in [3.8, 4) is 23.0 Å². The molecule has 0 bridgehead atoms. The first kappa shape index (κ1) is 37.1. The molecule has 6 aromatic rings. The summed E-state index contributed by atoms with van der Waals surface area (Å²) >= 11 is 0. The molecule has 2 aromatic carbocycles. The number of carbonyl (C=O) groups is 2. The molecule has 0 aliphatic carbocycles. The molecule has 6 rings (SSSR count). The summed E-state index contributed by atoms with van der Waals surface area (Å²) in [6.45, 7) is 0. The first-order valence-corrected chi connectivity index (χ1v) is 14.6. The van der Waals surface area contributed by atoms with E-state index < -0.39 is 23.4 Å². The summed E-state index contributed by atoms with van der Waals surface area (Å²) in [6, 6.07) is 22.4. The molecule has 50 heavy (non-hydrogen) atoms.